The Bertz CT molecular complexity index is 520. The molecular weight excluding hydrogens is 317 g/mol. The zero-order valence-corrected chi connectivity index (χ0v) is 14.1. The second-order valence-corrected chi connectivity index (χ2v) is 8.19. The SMILES string of the molecule is CCO[Si](NS(=O)(=O)c1ccc(F)cc1)(OCC)OCC. The Morgan fingerprint density at radius 2 is 1.43 bits per heavy atom. The molecule has 0 heterocycles. The third kappa shape index (κ3) is 5.13. The summed E-state index contributed by atoms with van der Waals surface area (Å²) in [6.07, 6.45) is 0. The number of nitrogens with one attached hydrogen (secondary N) is 1. The maximum atomic E-state index is 12.9. The van der Waals surface area contributed by atoms with Gasteiger partial charge < -0.3 is 13.3 Å². The molecule has 6 nitrogen and oxygen atoms in total. The largest absolute Gasteiger partial charge is 0.611 e. The maximum Gasteiger partial charge on any atom is 0.611 e. The first-order valence-electron chi connectivity index (χ1n) is 6.60. The summed E-state index contributed by atoms with van der Waals surface area (Å²) in [4.78, 5) is -0.0834. The van der Waals surface area contributed by atoms with Crippen molar-refractivity contribution in [2.45, 2.75) is 25.7 Å². The van der Waals surface area contributed by atoms with Gasteiger partial charge in [0, 0.05) is 19.8 Å². The Labute approximate surface area is 125 Å². The molecule has 0 atom stereocenters. The molecule has 0 bridgehead atoms. The lowest BCUT2D eigenvalue weighted by Gasteiger charge is -2.27. The fourth-order valence-electron chi connectivity index (χ4n) is 1.62. The van der Waals surface area contributed by atoms with Gasteiger partial charge in [-0.15, -0.1) is 0 Å². The molecule has 9 heteroatoms. The van der Waals surface area contributed by atoms with Gasteiger partial charge in [0.1, 0.15) is 5.82 Å². The zero-order valence-electron chi connectivity index (χ0n) is 12.3. The van der Waals surface area contributed by atoms with Gasteiger partial charge in [-0.05, 0) is 45.0 Å². The number of halogens is 1. The Morgan fingerprint density at radius 1 is 1.00 bits per heavy atom. The van der Waals surface area contributed by atoms with E-state index in [4.69, 9.17) is 13.3 Å². The molecule has 21 heavy (non-hydrogen) atoms. The van der Waals surface area contributed by atoms with Crippen LogP contribution in [-0.2, 0) is 23.3 Å². The standard InChI is InChI=1S/C12H20FNO5SSi/c1-4-17-21(18-5-2,19-6-3)14-20(15,16)12-9-7-11(13)8-10-12/h7-10,14H,4-6H2,1-3H3. The summed E-state index contributed by atoms with van der Waals surface area (Å²) in [5.41, 5.74) is 0. The highest BCUT2D eigenvalue weighted by atomic mass is 32.2. The molecule has 0 amide bonds. The predicted octanol–water partition coefficient (Wildman–Crippen LogP) is 1.65. The molecule has 0 unspecified atom stereocenters. The van der Waals surface area contributed by atoms with Crippen molar-refractivity contribution in [2.75, 3.05) is 19.8 Å². The van der Waals surface area contributed by atoms with E-state index in [-0.39, 0.29) is 24.7 Å². The molecule has 0 fully saturated rings. The fourth-order valence-corrected chi connectivity index (χ4v) is 6.00. The van der Waals surface area contributed by atoms with Gasteiger partial charge in [0.05, 0.1) is 4.90 Å². The number of sulfonamides is 1. The van der Waals surface area contributed by atoms with Crippen molar-refractivity contribution >= 4 is 19.0 Å². The van der Waals surface area contributed by atoms with Gasteiger partial charge in [-0.25, -0.2) is 12.8 Å². The number of hydrogen-bond acceptors (Lipinski definition) is 5. The minimum atomic E-state index is -3.93. The third-order valence-corrected chi connectivity index (χ3v) is 7.36. The van der Waals surface area contributed by atoms with Crippen LogP contribution in [0.3, 0.4) is 0 Å². The van der Waals surface area contributed by atoms with Crippen LogP contribution in [-0.4, -0.2) is 37.2 Å². The lowest BCUT2D eigenvalue weighted by molar-refractivity contribution is 0.0671. The Hall–Kier alpha value is -0.843. The van der Waals surface area contributed by atoms with E-state index in [2.05, 4.69) is 4.39 Å². The molecule has 0 radical (unpaired) electrons. The van der Waals surface area contributed by atoms with Crippen molar-refractivity contribution in [1.29, 1.82) is 0 Å². The van der Waals surface area contributed by atoms with Crippen molar-refractivity contribution < 1.29 is 26.1 Å². The van der Waals surface area contributed by atoms with E-state index in [0.29, 0.717) is 0 Å². The summed E-state index contributed by atoms with van der Waals surface area (Å²) < 4.78 is 56.2. The molecule has 0 spiro atoms. The smallest absolute Gasteiger partial charge is 0.361 e. The average molecular weight is 337 g/mol. The highest BCUT2D eigenvalue weighted by Crippen LogP contribution is 2.15. The van der Waals surface area contributed by atoms with E-state index in [1.807, 2.05) is 0 Å². The molecule has 0 saturated carbocycles. The van der Waals surface area contributed by atoms with Crippen molar-refractivity contribution in [3.05, 3.63) is 30.1 Å². The van der Waals surface area contributed by atoms with Crippen LogP contribution in [0.2, 0.25) is 0 Å². The van der Waals surface area contributed by atoms with Crippen molar-refractivity contribution in [2.24, 2.45) is 0 Å². The van der Waals surface area contributed by atoms with Crippen LogP contribution < -0.4 is 4.39 Å². The number of rotatable bonds is 9. The Kier molecular flexibility index (Phi) is 6.91. The first kappa shape index (κ1) is 18.2. The second-order valence-electron chi connectivity index (χ2n) is 3.91. The lowest BCUT2D eigenvalue weighted by atomic mass is 10.4. The summed E-state index contributed by atoms with van der Waals surface area (Å²) in [6, 6.07) is 4.47. The van der Waals surface area contributed by atoms with Crippen molar-refractivity contribution in [3.8, 4) is 0 Å². The molecule has 0 aliphatic heterocycles. The van der Waals surface area contributed by atoms with Gasteiger partial charge in [-0.1, -0.05) is 0 Å². The van der Waals surface area contributed by atoms with E-state index in [1.54, 1.807) is 20.8 Å². The summed E-state index contributed by atoms with van der Waals surface area (Å²) in [7, 11) is -7.49. The molecule has 1 rings (SSSR count). The van der Waals surface area contributed by atoms with Crippen LogP contribution >= 0.6 is 0 Å². The van der Waals surface area contributed by atoms with E-state index in [0.717, 1.165) is 12.1 Å². The van der Waals surface area contributed by atoms with Crippen molar-refractivity contribution in [1.82, 2.24) is 4.39 Å². The molecule has 1 N–H and O–H groups in total. The van der Waals surface area contributed by atoms with E-state index >= 15 is 0 Å². The van der Waals surface area contributed by atoms with Gasteiger partial charge >= 0.3 is 8.97 Å². The normalized spacial score (nSPS) is 12.6. The minimum Gasteiger partial charge on any atom is -0.361 e. The number of benzene rings is 1. The van der Waals surface area contributed by atoms with Crippen LogP contribution in [0.4, 0.5) is 4.39 Å². The van der Waals surface area contributed by atoms with Crippen LogP contribution in [0.25, 0.3) is 0 Å². The summed E-state index contributed by atoms with van der Waals surface area (Å²) in [5.74, 6) is -0.517. The molecular formula is C12H20FNO5SSi. The predicted molar refractivity (Wildman–Crippen MR) is 77.4 cm³/mol. The molecule has 120 valence electrons. The second kappa shape index (κ2) is 7.97. The Morgan fingerprint density at radius 3 is 1.81 bits per heavy atom. The van der Waals surface area contributed by atoms with Gasteiger partial charge in [-0.3, -0.25) is 0 Å². The third-order valence-electron chi connectivity index (χ3n) is 2.39. The zero-order chi connectivity index (χ0) is 15.9. The van der Waals surface area contributed by atoms with E-state index < -0.39 is 24.8 Å². The highest BCUT2D eigenvalue weighted by molar-refractivity contribution is 7.90. The minimum absolute atomic E-state index is 0.0834. The molecule has 0 aliphatic rings. The average Bonchev–Trinajstić information content (AvgIpc) is 2.39. The summed E-state index contributed by atoms with van der Waals surface area (Å²) >= 11 is 0. The van der Waals surface area contributed by atoms with Crippen LogP contribution in [0.15, 0.2) is 29.2 Å². The highest BCUT2D eigenvalue weighted by Gasteiger charge is 2.46. The molecule has 0 saturated heterocycles. The van der Waals surface area contributed by atoms with Crippen molar-refractivity contribution in [3.63, 3.8) is 0 Å². The van der Waals surface area contributed by atoms with Crippen LogP contribution in [0, 0.1) is 5.82 Å². The van der Waals surface area contributed by atoms with Crippen LogP contribution in [0.5, 0.6) is 0 Å². The maximum absolute atomic E-state index is 12.9. The summed E-state index contributed by atoms with van der Waals surface area (Å²) in [5, 5.41) is 0. The first-order valence-corrected chi connectivity index (χ1v) is 9.81. The van der Waals surface area contributed by atoms with Gasteiger partial charge in [0.2, 0.25) is 10.0 Å². The quantitative estimate of drug-likeness (QED) is 0.694. The van der Waals surface area contributed by atoms with Gasteiger partial charge in [0.15, 0.2) is 0 Å². The van der Waals surface area contributed by atoms with Gasteiger partial charge in [-0.2, -0.15) is 4.39 Å². The molecule has 0 aromatic heterocycles. The monoisotopic (exact) mass is 337 g/mol. The lowest BCUT2D eigenvalue weighted by Crippen LogP contribution is -2.60. The van der Waals surface area contributed by atoms with Crippen LogP contribution in [0.1, 0.15) is 20.8 Å². The van der Waals surface area contributed by atoms with E-state index in [9.17, 15) is 12.8 Å². The number of hydrogen-bond donors (Lipinski definition) is 1. The van der Waals surface area contributed by atoms with Gasteiger partial charge in [0.25, 0.3) is 0 Å². The summed E-state index contributed by atoms with van der Waals surface area (Å²) in [6.45, 7) is 5.85. The molecule has 1 aromatic rings. The fraction of sp³-hybridized carbons (Fsp3) is 0.500. The molecule has 1 aromatic carbocycles. The Balaban J connectivity index is 3.07. The first-order chi connectivity index (χ1) is 9.89. The topological polar surface area (TPSA) is 73.9 Å². The van der Waals surface area contributed by atoms with E-state index in [1.165, 1.54) is 12.1 Å². The molecule has 0 aliphatic carbocycles.